The number of aliphatic hydroxyl groups excluding tert-OH is 1. The Hall–Kier alpha value is -4.91. The fraction of sp³-hybridized carbons (Fsp3) is 0.152. The highest BCUT2D eigenvalue weighted by molar-refractivity contribution is 6.51. The highest BCUT2D eigenvalue weighted by Crippen LogP contribution is 2.43. The smallest absolute Gasteiger partial charge is 0.300 e. The number of Topliss-reactive ketones (excluding diaryl/α,β-unsaturated/α-hetero) is 1. The Morgan fingerprint density at radius 1 is 0.875 bits per heavy atom. The molecule has 6 nitrogen and oxygen atoms in total. The molecule has 0 radical (unpaired) electrons. The van der Waals surface area contributed by atoms with Gasteiger partial charge < -0.3 is 14.6 Å². The summed E-state index contributed by atoms with van der Waals surface area (Å²) < 4.78 is 25.6. The molecule has 1 atom stereocenters. The Balaban J connectivity index is 1.64. The first-order valence-electron chi connectivity index (χ1n) is 12.9. The van der Waals surface area contributed by atoms with Crippen LogP contribution in [0.15, 0.2) is 103 Å². The topological polar surface area (TPSA) is 76.1 Å². The lowest BCUT2D eigenvalue weighted by atomic mass is 9.94. The third kappa shape index (κ3) is 5.31. The molecule has 7 heteroatoms. The molecule has 1 aliphatic rings. The minimum Gasteiger partial charge on any atom is -0.507 e. The number of ketones is 1. The molecule has 0 aromatic heterocycles. The first kappa shape index (κ1) is 26.7. The molecular weight excluding hydrogens is 509 g/mol. The number of aliphatic hydroxyl groups is 1. The summed E-state index contributed by atoms with van der Waals surface area (Å²) in [7, 11) is 0. The fourth-order valence-electron chi connectivity index (χ4n) is 4.73. The lowest BCUT2D eigenvalue weighted by Gasteiger charge is -2.26. The van der Waals surface area contributed by atoms with Crippen molar-refractivity contribution in [3.05, 3.63) is 125 Å². The quantitative estimate of drug-likeness (QED) is 0.152. The van der Waals surface area contributed by atoms with Gasteiger partial charge in [-0.1, -0.05) is 30.3 Å². The first-order chi connectivity index (χ1) is 19.2. The summed E-state index contributed by atoms with van der Waals surface area (Å²) in [6.45, 7) is 5.67. The van der Waals surface area contributed by atoms with Gasteiger partial charge in [0.1, 0.15) is 28.8 Å². The Morgan fingerprint density at radius 2 is 1.57 bits per heavy atom. The summed E-state index contributed by atoms with van der Waals surface area (Å²) in [6.07, 6.45) is -0.0374. The van der Waals surface area contributed by atoms with Crippen molar-refractivity contribution in [3.63, 3.8) is 0 Å². The molecule has 1 N–H and O–H groups in total. The van der Waals surface area contributed by atoms with Crippen LogP contribution in [0.25, 0.3) is 5.76 Å². The average Bonchev–Trinajstić information content (AvgIpc) is 3.20. The minimum absolute atomic E-state index is 0.0374. The molecule has 1 unspecified atom stereocenters. The maximum absolute atomic E-state index is 13.8. The van der Waals surface area contributed by atoms with Crippen molar-refractivity contribution in [2.45, 2.75) is 32.9 Å². The van der Waals surface area contributed by atoms with Gasteiger partial charge in [0.15, 0.2) is 0 Å². The largest absolute Gasteiger partial charge is 0.507 e. The van der Waals surface area contributed by atoms with Gasteiger partial charge in [0, 0.05) is 11.3 Å². The van der Waals surface area contributed by atoms with Gasteiger partial charge in [-0.3, -0.25) is 14.5 Å². The minimum atomic E-state index is -0.989. The van der Waals surface area contributed by atoms with E-state index >= 15 is 0 Å². The molecular formula is C33H28FNO5. The van der Waals surface area contributed by atoms with E-state index in [9.17, 15) is 19.1 Å². The van der Waals surface area contributed by atoms with Crippen molar-refractivity contribution in [2.24, 2.45) is 0 Å². The molecule has 1 saturated heterocycles. The van der Waals surface area contributed by atoms with Crippen molar-refractivity contribution in [1.29, 1.82) is 0 Å². The Morgan fingerprint density at radius 3 is 2.25 bits per heavy atom. The first-order valence-corrected chi connectivity index (χ1v) is 12.9. The SMILES string of the molecule is Cc1cc(/C(O)=C2\C(=O)C(=O)N(c3ccc(F)cc3)C2c2cccc(Oc3ccccc3)c2)ccc1OC(C)C. The summed E-state index contributed by atoms with van der Waals surface area (Å²) >= 11 is 0. The Labute approximate surface area is 231 Å². The number of hydrogen-bond acceptors (Lipinski definition) is 5. The van der Waals surface area contributed by atoms with E-state index in [-0.39, 0.29) is 17.4 Å². The molecule has 4 aromatic rings. The van der Waals surface area contributed by atoms with Gasteiger partial charge in [-0.05, 0) is 98.6 Å². The highest BCUT2D eigenvalue weighted by Gasteiger charge is 2.47. The van der Waals surface area contributed by atoms with E-state index in [2.05, 4.69) is 0 Å². The van der Waals surface area contributed by atoms with Crippen LogP contribution in [0, 0.1) is 12.7 Å². The van der Waals surface area contributed by atoms with Gasteiger partial charge in [-0.15, -0.1) is 0 Å². The van der Waals surface area contributed by atoms with Crippen LogP contribution >= 0.6 is 0 Å². The fourth-order valence-corrected chi connectivity index (χ4v) is 4.73. The normalized spacial score (nSPS) is 16.4. The maximum Gasteiger partial charge on any atom is 0.300 e. The number of anilines is 1. The van der Waals surface area contributed by atoms with Crippen LogP contribution < -0.4 is 14.4 Å². The second-order valence-corrected chi connectivity index (χ2v) is 9.78. The summed E-state index contributed by atoms with van der Waals surface area (Å²) in [5.41, 5.74) is 1.91. The zero-order chi connectivity index (χ0) is 28.4. The molecule has 1 fully saturated rings. The van der Waals surface area contributed by atoms with Gasteiger partial charge in [0.05, 0.1) is 17.7 Å². The molecule has 1 aliphatic heterocycles. The molecule has 1 heterocycles. The number of carbonyl (C=O) groups excluding carboxylic acids is 2. The maximum atomic E-state index is 13.8. The summed E-state index contributed by atoms with van der Waals surface area (Å²) in [5, 5.41) is 11.5. The van der Waals surface area contributed by atoms with Crippen molar-refractivity contribution in [2.75, 3.05) is 4.90 Å². The molecule has 4 aromatic carbocycles. The number of carbonyl (C=O) groups is 2. The summed E-state index contributed by atoms with van der Waals surface area (Å²) in [5.74, 6) is -0.715. The van der Waals surface area contributed by atoms with Crippen molar-refractivity contribution >= 4 is 23.1 Å². The zero-order valence-corrected chi connectivity index (χ0v) is 22.3. The van der Waals surface area contributed by atoms with Gasteiger partial charge in [0.2, 0.25) is 0 Å². The molecule has 0 saturated carbocycles. The third-order valence-corrected chi connectivity index (χ3v) is 6.51. The monoisotopic (exact) mass is 537 g/mol. The second kappa shape index (κ2) is 11.1. The van der Waals surface area contributed by atoms with Crippen LogP contribution in [-0.4, -0.2) is 22.9 Å². The lowest BCUT2D eigenvalue weighted by Crippen LogP contribution is -2.29. The highest BCUT2D eigenvalue weighted by atomic mass is 19.1. The van der Waals surface area contributed by atoms with Gasteiger partial charge >= 0.3 is 0 Å². The number of benzene rings is 4. The van der Waals surface area contributed by atoms with Crippen LogP contribution in [0.2, 0.25) is 0 Å². The Bertz CT molecular complexity index is 1600. The van der Waals surface area contributed by atoms with E-state index in [0.29, 0.717) is 34.1 Å². The van der Waals surface area contributed by atoms with Crippen LogP contribution in [0.3, 0.4) is 0 Å². The number of para-hydroxylation sites is 1. The average molecular weight is 538 g/mol. The van der Waals surface area contributed by atoms with E-state index in [1.165, 1.54) is 29.2 Å². The van der Waals surface area contributed by atoms with Crippen LogP contribution in [0.5, 0.6) is 17.2 Å². The summed E-state index contributed by atoms with van der Waals surface area (Å²) in [4.78, 5) is 28.2. The van der Waals surface area contributed by atoms with Gasteiger partial charge in [-0.25, -0.2) is 4.39 Å². The third-order valence-electron chi connectivity index (χ3n) is 6.51. The lowest BCUT2D eigenvalue weighted by molar-refractivity contribution is -0.132. The Kier molecular flexibility index (Phi) is 7.38. The number of aryl methyl sites for hydroxylation is 1. The van der Waals surface area contributed by atoms with Crippen LogP contribution in [0.4, 0.5) is 10.1 Å². The van der Waals surface area contributed by atoms with E-state index < -0.39 is 23.5 Å². The van der Waals surface area contributed by atoms with E-state index in [4.69, 9.17) is 9.47 Å². The molecule has 202 valence electrons. The van der Waals surface area contributed by atoms with E-state index in [1.54, 1.807) is 42.5 Å². The van der Waals surface area contributed by atoms with Crippen LogP contribution in [0.1, 0.15) is 36.6 Å². The van der Waals surface area contributed by atoms with Crippen LogP contribution in [-0.2, 0) is 9.59 Å². The molecule has 1 amide bonds. The predicted octanol–water partition coefficient (Wildman–Crippen LogP) is 7.34. The zero-order valence-electron chi connectivity index (χ0n) is 22.3. The number of amides is 1. The van der Waals surface area contributed by atoms with E-state index in [1.807, 2.05) is 51.1 Å². The van der Waals surface area contributed by atoms with E-state index in [0.717, 1.165) is 5.56 Å². The molecule has 5 rings (SSSR count). The summed E-state index contributed by atoms with van der Waals surface area (Å²) in [6, 6.07) is 25.6. The number of rotatable bonds is 7. The standard InChI is InChI=1S/C33H28FNO5/c1-20(2)39-28-17-12-23(18-21(28)3)31(36)29-30(35(33(38)32(29)37)25-15-13-24(34)14-16-25)22-8-7-11-27(19-22)40-26-9-5-4-6-10-26/h4-20,30,36H,1-3H3/b31-29+. The molecule has 0 bridgehead atoms. The van der Waals surface area contributed by atoms with Crippen molar-refractivity contribution < 1.29 is 28.6 Å². The number of hydrogen-bond donors (Lipinski definition) is 1. The number of nitrogens with zero attached hydrogens (tertiary/aromatic N) is 1. The molecule has 40 heavy (non-hydrogen) atoms. The van der Waals surface area contributed by atoms with Gasteiger partial charge in [0.25, 0.3) is 11.7 Å². The van der Waals surface area contributed by atoms with Crippen molar-refractivity contribution in [3.8, 4) is 17.2 Å². The molecule has 0 aliphatic carbocycles. The second-order valence-electron chi connectivity index (χ2n) is 9.78. The number of halogens is 1. The molecule has 0 spiro atoms. The van der Waals surface area contributed by atoms with Crippen molar-refractivity contribution in [1.82, 2.24) is 0 Å². The van der Waals surface area contributed by atoms with Gasteiger partial charge in [-0.2, -0.15) is 0 Å². The number of ether oxygens (including phenoxy) is 2. The predicted molar refractivity (Wildman–Crippen MR) is 151 cm³/mol.